The molecule has 15 heavy (non-hydrogen) atoms. The Morgan fingerprint density at radius 1 is 1.53 bits per heavy atom. The predicted octanol–water partition coefficient (Wildman–Crippen LogP) is 2.33. The van der Waals surface area contributed by atoms with Gasteiger partial charge in [0.2, 0.25) is 0 Å². The molecule has 0 amide bonds. The van der Waals surface area contributed by atoms with Crippen LogP contribution in [0.25, 0.3) is 0 Å². The van der Waals surface area contributed by atoms with E-state index in [4.69, 9.17) is 4.74 Å². The lowest BCUT2D eigenvalue weighted by Crippen LogP contribution is -2.17. The molecule has 1 atom stereocenters. The Kier molecular flexibility index (Phi) is 3.11. The molecule has 1 aliphatic rings. The van der Waals surface area contributed by atoms with Crippen LogP contribution in [0.4, 0.5) is 5.69 Å². The van der Waals surface area contributed by atoms with Crippen LogP contribution in [0.5, 0.6) is 5.75 Å². The third kappa shape index (κ3) is 2.23. The summed E-state index contributed by atoms with van der Waals surface area (Å²) in [6.45, 7) is 1.77. The Hall–Kier alpha value is -1.22. The number of rotatable bonds is 3. The van der Waals surface area contributed by atoms with Crippen LogP contribution >= 0.6 is 0 Å². The zero-order chi connectivity index (χ0) is 10.7. The quantitative estimate of drug-likeness (QED) is 0.799. The Balaban J connectivity index is 2.18. The van der Waals surface area contributed by atoms with Gasteiger partial charge in [-0.15, -0.1) is 0 Å². The van der Waals surface area contributed by atoms with E-state index >= 15 is 0 Å². The first-order chi connectivity index (χ1) is 7.31. The molecule has 0 aromatic heterocycles. The maximum Gasteiger partial charge on any atom is 0.117 e. The standard InChI is InChI=1S/C12H17NO2/c1-15-7-5-9-4-6-13-12-8-10(14)2-3-11(9)12/h2-3,8-9,13-14H,4-7H2,1H3. The monoisotopic (exact) mass is 207 g/mol. The molecular weight excluding hydrogens is 190 g/mol. The molecule has 1 unspecified atom stereocenters. The number of methoxy groups -OCH3 is 1. The number of phenolic OH excluding ortho intramolecular Hbond substituents is 1. The van der Waals surface area contributed by atoms with Crippen LogP contribution in [0, 0.1) is 0 Å². The summed E-state index contributed by atoms with van der Waals surface area (Å²) >= 11 is 0. The maximum absolute atomic E-state index is 9.39. The fourth-order valence-electron chi connectivity index (χ4n) is 2.15. The molecule has 1 aliphatic heterocycles. The molecule has 0 spiro atoms. The van der Waals surface area contributed by atoms with Crippen molar-refractivity contribution in [2.24, 2.45) is 0 Å². The third-order valence-corrected chi connectivity index (χ3v) is 2.96. The normalized spacial score (nSPS) is 19.4. The van der Waals surface area contributed by atoms with Gasteiger partial charge in [0.05, 0.1) is 0 Å². The Morgan fingerprint density at radius 2 is 2.40 bits per heavy atom. The smallest absolute Gasteiger partial charge is 0.117 e. The Morgan fingerprint density at radius 3 is 3.20 bits per heavy atom. The fourth-order valence-corrected chi connectivity index (χ4v) is 2.15. The molecule has 1 aromatic carbocycles. The summed E-state index contributed by atoms with van der Waals surface area (Å²) in [6, 6.07) is 5.57. The number of hydrogen-bond acceptors (Lipinski definition) is 3. The van der Waals surface area contributed by atoms with Gasteiger partial charge in [-0.2, -0.15) is 0 Å². The van der Waals surface area contributed by atoms with Gasteiger partial charge < -0.3 is 15.2 Å². The highest BCUT2D eigenvalue weighted by Crippen LogP contribution is 2.35. The number of hydrogen-bond donors (Lipinski definition) is 2. The second-order valence-corrected chi connectivity index (χ2v) is 3.97. The van der Waals surface area contributed by atoms with Crippen LogP contribution in [0.1, 0.15) is 24.3 Å². The third-order valence-electron chi connectivity index (χ3n) is 2.96. The largest absolute Gasteiger partial charge is 0.508 e. The fraction of sp³-hybridized carbons (Fsp3) is 0.500. The minimum atomic E-state index is 0.327. The molecule has 0 saturated heterocycles. The van der Waals surface area contributed by atoms with Crippen LogP contribution in [-0.4, -0.2) is 25.4 Å². The first kappa shape index (κ1) is 10.3. The van der Waals surface area contributed by atoms with Crippen LogP contribution in [-0.2, 0) is 4.74 Å². The highest BCUT2D eigenvalue weighted by atomic mass is 16.5. The lowest BCUT2D eigenvalue weighted by Gasteiger charge is -2.26. The van der Waals surface area contributed by atoms with Crippen molar-refractivity contribution in [3.63, 3.8) is 0 Å². The van der Waals surface area contributed by atoms with Crippen molar-refractivity contribution in [1.29, 1.82) is 0 Å². The molecule has 3 heteroatoms. The van der Waals surface area contributed by atoms with Crippen molar-refractivity contribution in [2.75, 3.05) is 25.6 Å². The van der Waals surface area contributed by atoms with Gasteiger partial charge in [-0.3, -0.25) is 0 Å². The zero-order valence-corrected chi connectivity index (χ0v) is 8.99. The van der Waals surface area contributed by atoms with Gasteiger partial charge >= 0.3 is 0 Å². The molecule has 1 aromatic rings. The van der Waals surface area contributed by atoms with E-state index < -0.39 is 0 Å². The highest BCUT2D eigenvalue weighted by molar-refractivity contribution is 5.57. The molecule has 3 nitrogen and oxygen atoms in total. The topological polar surface area (TPSA) is 41.5 Å². The summed E-state index contributed by atoms with van der Waals surface area (Å²) in [7, 11) is 1.73. The van der Waals surface area contributed by atoms with Gasteiger partial charge in [-0.1, -0.05) is 6.07 Å². The van der Waals surface area contributed by atoms with Gasteiger partial charge in [0.15, 0.2) is 0 Å². The summed E-state index contributed by atoms with van der Waals surface area (Å²) in [6.07, 6.45) is 2.19. The minimum Gasteiger partial charge on any atom is -0.508 e. The number of phenols is 1. The number of fused-ring (bicyclic) bond motifs is 1. The van der Waals surface area contributed by atoms with Crippen molar-refractivity contribution in [2.45, 2.75) is 18.8 Å². The van der Waals surface area contributed by atoms with Crippen LogP contribution in [0.2, 0.25) is 0 Å². The summed E-state index contributed by atoms with van der Waals surface area (Å²) in [4.78, 5) is 0. The SMILES string of the molecule is COCCC1CCNc2cc(O)ccc21. The summed E-state index contributed by atoms with van der Waals surface area (Å²) in [5.74, 6) is 0.885. The molecule has 0 fully saturated rings. The van der Waals surface area contributed by atoms with E-state index in [1.165, 1.54) is 5.56 Å². The number of nitrogens with one attached hydrogen (secondary N) is 1. The average Bonchev–Trinajstić information content (AvgIpc) is 2.25. The molecule has 0 bridgehead atoms. The number of ether oxygens (including phenoxy) is 1. The van der Waals surface area contributed by atoms with E-state index in [1.807, 2.05) is 6.07 Å². The van der Waals surface area contributed by atoms with E-state index in [1.54, 1.807) is 19.2 Å². The highest BCUT2D eigenvalue weighted by Gasteiger charge is 2.19. The minimum absolute atomic E-state index is 0.327. The lowest BCUT2D eigenvalue weighted by atomic mass is 9.88. The summed E-state index contributed by atoms with van der Waals surface area (Å²) in [5, 5.41) is 12.7. The molecule has 1 heterocycles. The van der Waals surface area contributed by atoms with Crippen molar-refractivity contribution in [3.8, 4) is 5.75 Å². The molecule has 82 valence electrons. The van der Waals surface area contributed by atoms with Crippen molar-refractivity contribution in [3.05, 3.63) is 23.8 Å². The Labute approximate surface area is 90.1 Å². The second-order valence-electron chi connectivity index (χ2n) is 3.97. The van der Waals surface area contributed by atoms with Crippen molar-refractivity contribution in [1.82, 2.24) is 0 Å². The predicted molar refractivity (Wildman–Crippen MR) is 60.4 cm³/mol. The zero-order valence-electron chi connectivity index (χ0n) is 8.99. The molecule has 2 N–H and O–H groups in total. The van der Waals surface area contributed by atoms with Crippen LogP contribution < -0.4 is 5.32 Å². The summed E-state index contributed by atoms with van der Waals surface area (Å²) in [5.41, 5.74) is 2.37. The van der Waals surface area contributed by atoms with E-state index in [0.29, 0.717) is 11.7 Å². The number of aromatic hydroxyl groups is 1. The van der Waals surface area contributed by atoms with Crippen LogP contribution in [0.3, 0.4) is 0 Å². The first-order valence-electron chi connectivity index (χ1n) is 5.37. The van der Waals surface area contributed by atoms with Gasteiger partial charge in [-0.05, 0) is 30.4 Å². The van der Waals surface area contributed by atoms with Crippen LogP contribution in [0.15, 0.2) is 18.2 Å². The Bertz CT molecular complexity index is 338. The molecule has 0 aliphatic carbocycles. The van der Waals surface area contributed by atoms with Gasteiger partial charge in [-0.25, -0.2) is 0 Å². The second kappa shape index (κ2) is 4.53. The molecule has 2 rings (SSSR count). The molecular formula is C12H17NO2. The van der Waals surface area contributed by atoms with Gasteiger partial charge in [0.1, 0.15) is 5.75 Å². The van der Waals surface area contributed by atoms with Gasteiger partial charge in [0.25, 0.3) is 0 Å². The van der Waals surface area contributed by atoms with Crippen molar-refractivity contribution < 1.29 is 9.84 Å². The lowest BCUT2D eigenvalue weighted by molar-refractivity contribution is 0.186. The molecule has 0 saturated carbocycles. The summed E-state index contributed by atoms with van der Waals surface area (Å²) < 4.78 is 5.11. The molecule has 0 radical (unpaired) electrons. The number of benzene rings is 1. The van der Waals surface area contributed by atoms with E-state index in [-0.39, 0.29) is 0 Å². The van der Waals surface area contributed by atoms with E-state index in [9.17, 15) is 5.11 Å². The van der Waals surface area contributed by atoms with E-state index in [2.05, 4.69) is 5.32 Å². The van der Waals surface area contributed by atoms with E-state index in [0.717, 1.165) is 31.7 Å². The maximum atomic E-state index is 9.39. The number of anilines is 1. The van der Waals surface area contributed by atoms with Crippen molar-refractivity contribution >= 4 is 5.69 Å². The average molecular weight is 207 g/mol. The van der Waals surface area contributed by atoms with Gasteiger partial charge in [0, 0.05) is 32.0 Å². The first-order valence-corrected chi connectivity index (χ1v) is 5.37.